The quantitative estimate of drug-likeness (QED) is 0.624. The van der Waals surface area contributed by atoms with E-state index in [1.54, 1.807) is 18.2 Å². The summed E-state index contributed by atoms with van der Waals surface area (Å²) >= 11 is 0. The Kier molecular flexibility index (Phi) is 4.41. The van der Waals surface area contributed by atoms with E-state index in [9.17, 15) is 4.79 Å². The van der Waals surface area contributed by atoms with Crippen LogP contribution in [0.3, 0.4) is 0 Å². The lowest BCUT2D eigenvalue weighted by Crippen LogP contribution is -2.12. The summed E-state index contributed by atoms with van der Waals surface area (Å²) in [5, 5.41) is 0. The van der Waals surface area contributed by atoms with Crippen LogP contribution in [0.1, 0.15) is 28.4 Å². The first-order valence-electron chi connectivity index (χ1n) is 6.63. The van der Waals surface area contributed by atoms with Crippen LogP contribution in [0.4, 0.5) is 0 Å². The van der Waals surface area contributed by atoms with Crippen molar-refractivity contribution in [1.82, 2.24) is 0 Å². The Balaban J connectivity index is 2.29. The molecule has 0 spiro atoms. The normalized spacial score (nSPS) is 10.2. The largest absolute Gasteiger partial charge is 0.493 e. The summed E-state index contributed by atoms with van der Waals surface area (Å²) in [5.74, 6) is 0.765. The fourth-order valence-corrected chi connectivity index (χ4v) is 2.02. The second-order valence-electron chi connectivity index (χ2n) is 4.54. The Bertz CT molecular complexity index is 597. The molecule has 2 aromatic rings. The van der Waals surface area contributed by atoms with Crippen LogP contribution in [0, 0.1) is 13.8 Å². The minimum Gasteiger partial charge on any atom is -0.493 e. The highest BCUT2D eigenvalue weighted by Crippen LogP contribution is 2.25. The van der Waals surface area contributed by atoms with Gasteiger partial charge in [-0.1, -0.05) is 30.3 Å². The second-order valence-corrected chi connectivity index (χ2v) is 4.54. The average Bonchev–Trinajstić information content (AvgIpc) is 2.44. The topological polar surface area (TPSA) is 35.5 Å². The molecule has 0 saturated carbocycles. The van der Waals surface area contributed by atoms with Gasteiger partial charge in [-0.15, -0.1) is 0 Å². The Hall–Kier alpha value is -2.29. The third kappa shape index (κ3) is 2.99. The van der Waals surface area contributed by atoms with Gasteiger partial charge in [-0.05, 0) is 44.0 Å². The number of rotatable bonds is 4. The summed E-state index contributed by atoms with van der Waals surface area (Å²) in [6, 6.07) is 12.9. The van der Waals surface area contributed by atoms with Crippen molar-refractivity contribution in [3.63, 3.8) is 0 Å². The number of carbonyl (C=O) groups excluding carboxylic acids is 1. The molecule has 0 aliphatic heterocycles. The monoisotopic (exact) mass is 270 g/mol. The van der Waals surface area contributed by atoms with Crippen LogP contribution in [-0.2, 0) is 0 Å². The fraction of sp³-hybridized carbons (Fsp3) is 0.235. The van der Waals surface area contributed by atoms with E-state index in [4.69, 9.17) is 9.47 Å². The van der Waals surface area contributed by atoms with E-state index < -0.39 is 5.97 Å². The Labute approximate surface area is 119 Å². The van der Waals surface area contributed by atoms with Crippen LogP contribution in [0.15, 0.2) is 42.5 Å². The number of carbonyl (C=O) groups is 1. The van der Waals surface area contributed by atoms with E-state index in [1.807, 2.05) is 45.0 Å². The van der Waals surface area contributed by atoms with Gasteiger partial charge in [0.05, 0.1) is 6.61 Å². The molecule has 0 radical (unpaired) electrons. The molecular weight excluding hydrogens is 252 g/mol. The molecule has 20 heavy (non-hydrogen) atoms. The van der Waals surface area contributed by atoms with Crippen molar-refractivity contribution in [3.05, 3.63) is 59.2 Å². The summed E-state index contributed by atoms with van der Waals surface area (Å²) in [4.78, 5) is 12.3. The van der Waals surface area contributed by atoms with Gasteiger partial charge in [0.15, 0.2) is 0 Å². The smallest absolute Gasteiger partial charge is 0.347 e. The summed E-state index contributed by atoms with van der Waals surface area (Å²) in [7, 11) is 0. The van der Waals surface area contributed by atoms with Crippen LogP contribution in [-0.4, -0.2) is 12.6 Å². The maximum atomic E-state index is 12.3. The molecule has 0 unspecified atom stereocenters. The maximum absolute atomic E-state index is 12.3. The van der Waals surface area contributed by atoms with Gasteiger partial charge in [0.2, 0.25) is 0 Å². The zero-order valence-electron chi connectivity index (χ0n) is 12.0. The molecule has 0 heterocycles. The number of hydrogen-bond acceptors (Lipinski definition) is 3. The molecule has 0 aliphatic rings. The Morgan fingerprint density at radius 2 is 1.65 bits per heavy atom. The standard InChI is InChI=1S/C17H18O3/c1-4-19-15-11-6-5-10-14(15)17(18)20-16-12(2)8-7-9-13(16)3/h5-11H,4H2,1-3H3. The first-order valence-corrected chi connectivity index (χ1v) is 6.63. The molecule has 0 bridgehead atoms. The van der Waals surface area contributed by atoms with Crippen LogP contribution in [0.5, 0.6) is 11.5 Å². The Morgan fingerprint density at radius 1 is 1.00 bits per heavy atom. The van der Waals surface area contributed by atoms with Crippen molar-refractivity contribution in [3.8, 4) is 11.5 Å². The zero-order valence-corrected chi connectivity index (χ0v) is 12.0. The van der Waals surface area contributed by atoms with Crippen molar-refractivity contribution in [2.24, 2.45) is 0 Å². The van der Waals surface area contributed by atoms with Gasteiger partial charge >= 0.3 is 5.97 Å². The molecule has 0 aromatic heterocycles. The predicted octanol–water partition coefficient (Wildman–Crippen LogP) is 3.92. The van der Waals surface area contributed by atoms with E-state index in [0.29, 0.717) is 23.7 Å². The third-order valence-corrected chi connectivity index (χ3v) is 3.01. The van der Waals surface area contributed by atoms with Crippen LogP contribution < -0.4 is 9.47 Å². The number of ether oxygens (including phenoxy) is 2. The SMILES string of the molecule is CCOc1ccccc1C(=O)Oc1c(C)cccc1C. The molecule has 0 amide bonds. The second kappa shape index (κ2) is 6.24. The van der Waals surface area contributed by atoms with Crippen LogP contribution in [0.2, 0.25) is 0 Å². The van der Waals surface area contributed by atoms with Crippen molar-refractivity contribution in [1.29, 1.82) is 0 Å². The highest BCUT2D eigenvalue weighted by atomic mass is 16.5. The molecule has 2 aromatic carbocycles. The molecule has 0 N–H and O–H groups in total. The third-order valence-electron chi connectivity index (χ3n) is 3.01. The van der Waals surface area contributed by atoms with E-state index in [0.717, 1.165) is 11.1 Å². The van der Waals surface area contributed by atoms with Gasteiger partial charge in [-0.25, -0.2) is 4.79 Å². The number of para-hydroxylation sites is 2. The first-order chi connectivity index (χ1) is 9.63. The maximum Gasteiger partial charge on any atom is 0.347 e. The van der Waals surface area contributed by atoms with Crippen molar-refractivity contribution in [2.45, 2.75) is 20.8 Å². The Morgan fingerprint density at radius 3 is 2.30 bits per heavy atom. The molecule has 0 atom stereocenters. The number of aryl methyl sites for hydroxylation is 2. The van der Waals surface area contributed by atoms with Gasteiger partial charge in [0.25, 0.3) is 0 Å². The zero-order chi connectivity index (χ0) is 14.5. The minimum absolute atomic E-state index is 0.397. The molecule has 0 fully saturated rings. The number of benzene rings is 2. The summed E-state index contributed by atoms with van der Waals surface area (Å²) in [6.45, 7) is 6.23. The molecule has 0 saturated heterocycles. The molecule has 3 nitrogen and oxygen atoms in total. The van der Waals surface area contributed by atoms with Crippen LogP contribution >= 0.6 is 0 Å². The van der Waals surface area contributed by atoms with Gasteiger partial charge in [0.1, 0.15) is 17.1 Å². The highest BCUT2D eigenvalue weighted by Gasteiger charge is 2.16. The molecule has 3 heteroatoms. The first kappa shape index (κ1) is 14.1. The lowest BCUT2D eigenvalue weighted by Gasteiger charge is -2.12. The van der Waals surface area contributed by atoms with E-state index >= 15 is 0 Å². The van der Waals surface area contributed by atoms with Gasteiger partial charge < -0.3 is 9.47 Å². The van der Waals surface area contributed by atoms with E-state index in [2.05, 4.69) is 0 Å². The van der Waals surface area contributed by atoms with Gasteiger partial charge in [0, 0.05) is 0 Å². The van der Waals surface area contributed by atoms with Crippen molar-refractivity contribution >= 4 is 5.97 Å². The average molecular weight is 270 g/mol. The van der Waals surface area contributed by atoms with Crippen molar-refractivity contribution in [2.75, 3.05) is 6.61 Å². The van der Waals surface area contributed by atoms with Gasteiger partial charge in [-0.2, -0.15) is 0 Å². The minimum atomic E-state index is -0.397. The van der Waals surface area contributed by atoms with Crippen molar-refractivity contribution < 1.29 is 14.3 Å². The molecule has 2 rings (SSSR count). The summed E-state index contributed by atoms with van der Waals surface area (Å²) in [5.41, 5.74) is 2.32. The predicted molar refractivity (Wildman–Crippen MR) is 78.5 cm³/mol. The lowest BCUT2D eigenvalue weighted by molar-refractivity contribution is 0.0728. The number of hydrogen-bond donors (Lipinski definition) is 0. The fourth-order valence-electron chi connectivity index (χ4n) is 2.02. The van der Waals surface area contributed by atoms with E-state index in [1.165, 1.54) is 0 Å². The summed E-state index contributed by atoms with van der Waals surface area (Å²) < 4.78 is 11.0. The van der Waals surface area contributed by atoms with E-state index in [-0.39, 0.29) is 0 Å². The number of esters is 1. The molecule has 0 aliphatic carbocycles. The van der Waals surface area contributed by atoms with Crippen LogP contribution in [0.25, 0.3) is 0 Å². The summed E-state index contributed by atoms with van der Waals surface area (Å²) in [6.07, 6.45) is 0. The molecular formula is C17H18O3. The lowest BCUT2D eigenvalue weighted by atomic mass is 10.1. The van der Waals surface area contributed by atoms with Gasteiger partial charge in [-0.3, -0.25) is 0 Å². The highest BCUT2D eigenvalue weighted by molar-refractivity contribution is 5.94. The molecule has 104 valence electrons.